The molecule has 2 atom stereocenters. The molecule has 22 heavy (non-hydrogen) atoms. The molecule has 0 spiro atoms. The normalized spacial score (nSPS) is 21.2. The molecule has 116 valence electrons. The van der Waals surface area contributed by atoms with Gasteiger partial charge in [-0.1, -0.05) is 29.8 Å². The van der Waals surface area contributed by atoms with Crippen LogP contribution in [0.2, 0.25) is 0 Å². The van der Waals surface area contributed by atoms with Crippen molar-refractivity contribution < 1.29 is 0 Å². The van der Waals surface area contributed by atoms with E-state index in [2.05, 4.69) is 53.0 Å². The van der Waals surface area contributed by atoms with Crippen LogP contribution in [0, 0.1) is 6.92 Å². The molecule has 1 aromatic heterocycles. The Morgan fingerprint density at radius 1 is 1.14 bits per heavy atom. The molecule has 0 bridgehead atoms. The van der Waals surface area contributed by atoms with Crippen LogP contribution in [0.5, 0.6) is 0 Å². The fraction of sp³-hybridized carbons (Fsp3) is 0.444. The van der Waals surface area contributed by atoms with Crippen molar-refractivity contribution in [2.24, 2.45) is 0 Å². The van der Waals surface area contributed by atoms with Crippen molar-refractivity contribution in [3.63, 3.8) is 0 Å². The maximum Gasteiger partial charge on any atom is 0.226 e. The number of aryl methyl sites for hydroxylation is 1. The van der Waals surface area contributed by atoms with E-state index in [9.17, 15) is 0 Å². The highest BCUT2D eigenvalue weighted by atomic mass is 15.3. The van der Waals surface area contributed by atoms with Crippen molar-refractivity contribution in [2.75, 3.05) is 30.4 Å². The molecule has 0 N–H and O–H groups in total. The average Bonchev–Trinajstić information content (AvgIpc) is 2.90. The van der Waals surface area contributed by atoms with E-state index in [4.69, 9.17) is 0 Å². The van der Waals surface area contributed by atoms with Crippen LogP contribution in [0.25, 0.3) is 0 Å². The second kappa shape index (κ2) is 5.95. The maximum absolute atomic E-state index is 4.69. The number of anilines is 2. The third-order valence-electron chi connectivity index (χ3n) is 4.45. The van der Waals surface area contributed by atoms with Gasteiger partial charge in [0.05, 0.1) is 0 Å². The Kier molecular flexibility index (Phi) is 4.01. The van der Waals surface area contributed by atoms with E-state index in [0.717, 1.165) is 18.3 Å². The van der Waals surface area contributed by atoms with Gasteiger partial charge in [0, 0.05) is 38.8 Å². The van der Waals surface area contributed by atoms with Gasteiger partial charge in [-0.3, -0.25) is 0 Å². The average molecular weight is 296 g/mol. The lowest BCUT2D eigenvalue weighted by molar-refractivity contribution is 0.696. The van der Waals surface area contributed by atoms with Crippen LogP contribution in [-0.2, 0) is 0 Å². The molecule has 1 aliphatic rings. The third kappa shape index (κ3) is 2.91. The molecule has 4 heteroatoms. The first kappa shape index (κ1) is 14.8. The fourth-order valence-electron chi connectivity index (χ4n) is 3.14. The maximum atomic E-state index is 4.69. The van der Waals surface area contributed by atoms with Crippen molar-refractivity contribution in [2.45, 2.75) is 32.2 Å². The summed E-state index contributed by atoms with van der Waals surface area (Å²) in [5.74, 6) is 2.37. The zero-order chi connectivity index (χ0) is 15.7. The topological polar surface area (TPSA) is 32.3 Å². The highest BCUT2D eigenvalue weighted by molar-refractivity contribution is 5.46. The summed E-state index contributed by atoms with van der Waals surface area (Å²) in [6, 6.07) is 11.5. The van der Waals surface area contributed by atoms with E-state index >= 15 is 0 Å². The molecular weight excluding hydrogens is 272 g/mol. The number of rotatable bonds is 3. The monoisotopic (exact) mass is 296 g/mol. The minimum atomic E-state index is 0.496. The van der Waals surface area contributed by atoms with Crippen molar-refractivity contribution in [1.29, 1.82) is 0 Å². The molecule has 0 radical (unpaired) electrons. The Labute approximate surface area is 132 Å². The Morgan fingerprint density at radius 2 is 1.86 bits per heavy atom. The van der Waals surface area contributed by atoms with Crippen LogP contribution < -0.4 is 9.80 Å². The SMILES string of the molecule is Cc1ccc(C2CC(C)N(c3ccnc(N(C)C)n3)C2)cc1. The number of benzene rings is 1. The molecule has 1 aromatic carbocycles. The van der Waals surface area contributed by atoms with E-state index in [1.807, 2.05) is 31.3 Å². The Morgan fingerprint density at radius 3 is 2.55 bits per heavy atom. The number of hydrogen-bond acceptors (Lipinski definition) is 4. The highest BCUT2D eigenvalue weighted by Gasteiger charge is 2.31. The van der Waals surface area contributed by atoms with Gasteiger partial charge in [0.1, 0.15) is 5.82 Å². The highest BCUT2D eigenvalue weighted by Crippen LogP contribution is 2.34. The van der Waals surface area contributed by atoms with Crippen LogP contribution in [0.15, 0.2) is 36.5 Å². The predicted molar refractivity (Wildman–Crippen MR) is 91.7 cm³/mol. The molecule has 0 amide bonds. The third-order valence-corrected chi connectivity index (χ3v) is 4.45. The van der Waals surface area contributed by atoms with Crippen LogP contribution in [0.4, 0.5) is 11.8 Å². The summed E-state index contributed by atoms with van der Waals surface area (Å²) in [6.07, 6.45) is 3.02. The molecule has 3 rings (SSSR count). The Bertz CT molecular complexity index is 636. The first-order chi connectivity index (χ1) is 10.5. The summed E-state index contributed by atoms with van der Waals surface area (Å²) in [7, 11) is 3.95. The summed E-state index contributed by atoms with van der Waals surface area (Å²) in [6.45, 7) is 5.44. The summed E-state index contributed by atoms with van der Waals surface area (Å²) >= 11 is 0. The second-order valence-electron chi connectivity index (χ2n) is 6.45. The summed E-state index contributed by atoms with van der Waals surface area (Å²) in [4.78, 5) is 13.3. The molecule has 4 nitrogen and oxygen atoms in total. The standard InChI is InChI=1S/C18H24N4/c1-13-5-7-15(8-6-13)16-11-14(2)22(12-16)17-9-10-19-18(20-17)21(3)4/h5-10,14,16H,11-12H2,1-4H3. The van der Waals surface area contributed by atoms with Crippen molar-refractivity contribution in [1.82, 2.24) is 9.97 Å². The zero-order valence-corrected chi connectivity index (χ0v) is 13.8. The van der Waals surface area contributed by atoms with Crippen LogP contribution in [-0.4, -0.2) is 36.6 Å². The lowest BCUT2D eigenvalue weighted by Crippen LogP contribution is -2.28. The molecule has 0 saturated carbocycles. The minimum Gasteiger partial charge on any atom is -0.353 e. The van der Waals surface area contributed by atoms with Crippen LogP contribution >= 0.6 is 0 Å². The predicted octanol–water partition coefficient (Wildman–Crippen LogP) is 3.23. The van der Waals surface area contributed by atoms with E-state index in [1.165, 1.54) is 17.5 Å². The van der Waals surface area contributed by atoms with Gasteiger partial charge < -0.3 is 9.80 Å². The van der Waals surface area contributed by atoms with Crippen molar-refractivity contribution >= 4 is 11.8 Å². The van der Waals surface area contributed by atoms with Gasteiger partial charge in [-0.15, -0.1) is 0 Å². The first-order valence-corrected chi connectivity index (χ1v) is 7.88. The minimum absolute atomic E-state index is 0.496. The zero-order valence-electron chi connectivity index (χ0n) is 13.8. The molecular formula is C18H24N4. The van der Waals surface area contributed by atoms with Crippen molar-refractivity contribution in [3.05, 3.63) is 47.7 Å². The van der Waals surface area contributed by atoms with E-state index in [0.29, 0.717) is 12.0 Å². The van der Waals surface area contributed by atoms with Gasteiger partial charge in [-0.05, 0) is 31.9 Å². The van der Waals surface area contributed by atoms with Gasteiger partial charge in [0.15, 0.2) is 0 Å². The van der Waals surface area contributed by atoms with E-state index in [1.54, 1.807) is 0 Å². The van der Waals surface area contributed by atoms with Gasteiger partial charge >= 0.3 is 0 Å². The molecule has 1 saturated heterocycles. The van der Waals surface area contributed by atoms with Crippen LogP contribution in [0.3, 0.4) is 0 Å². The van der Waals surface area contributed by atoms with Gasteiger partial charge in [-0.2, -0.15) is 4.98 Å². The molecule has 2 heterocycles. The lowest BCUT2D eigenvalue weighted by Gasteiger charge is -2.23. The van der Waals surface area contributed by atoms with E-state index < -0.39 is 0 Å². The smallest absolute Gasteiger partial charge is 0.226 e. The molecule has 0 aliphatic carbocycles. The largest absolute Gasteiger partial charge is 0.353 e. The summed E-state index contributed by atoms with van der Waals surface area (Å²) < 4.78 is 0. The number of aromatic nitrogens is 2. The molecule has 1 fully saturated rings. The van der Waals surface area contributed by atoms with Gasteiger partial charge in [0.2, 0.25) is 5.95 Å². The number of nitrogens with zero attached hydrogens (tertiary/aromatic N) is 4. The van der Waals surface area contributed by atoms with Crippen molar-refractivity contribution in [3.8, 4) is 0 Å². The quantitative estimate of drug-likeness (QED) is 0.870. The first-order valence-electron chi connectivity index (χ1n) is 7.88. The molecule has 2 aromatic rings. The van der Waals surface area contributed by atoms with E-state index in [-0.39, 0.29) is 0 Å². The second-order valence-corrected chi connectivity index (χ2v) is 6.45. The fourth-order valence-corrected chi connectivity index (χ4v) is 3.14. The number of hydrogen-bond donors (Lipinski definition) is 0. The van der Waals surface area contributed by atoms with Gasteiger partial charge in [-0.25, -0.2) is 4.98 Å². The summed E-state index contributed by atoms with van der Waals surface area (Å²) in [5, 5.41) is 0. The summed E-state index contributed by atoms with van der Waals surface area (Å²) in [5.41, 5.74) is 2.75. The lowest BCUT2D eigenvalue weighted by atomic mass is 9.96. The van der Waals surface area contributed by atoms with Gasteiger partial charge in [0.25, 0.3) is 0 Å². The molecule has 1 aliphatic heterocycles. The Hall–Kier alpha value is -2.10. The van der Waals surface area contributed by atoms with Crippen LogP contribution in [0.1, 0.15) is 30.4 Å². The molecule has 2 unspecified atom stereocenters. The Balaban J connectivity index is 1.81.